The van der Waals surface area contributed by atoms with Crippen molar-refractivity contribution in [1.82, 2.24) is 5.32 Å². The highest BCUT2D eigenvalue weighted by Gasteiger charge is 2.51. The maximum atomic E-state index is 11.3. The second kappa shape index (κ2) is 5.25. The van der Waals surface area contributed by atoms with E-state index in [0.717, 1.165) is 17.7 Å². The smallest absolute Gasteiger partial charge is 0.217 e. The van der Waals surface area contributed by atoms with Crippen molar-refractivity contribution >= 4 is 11.6 Å². The monoisotopic (exact) mass is 274 g/mol. The minimum Gasteiger partial charge on any atom is -0.396 e. The van der Waals surface area contributed by atoms with Crippen molar-refractivity contribution in [2.45, 2.75) is 25.5 Å². The third-order valence-corrected chi connectivity index (χ3v) is 4.10. The van der Waals surface area contributed by atoms with E-state index in [0.29, 0.717) is 0 Å². The molecule has 106 valence electrons. The van der Waals surface area contributed by atoms with Gasteiger partial charge in [0.1, 0.15) is 0 Å². The fourth-order valence-corrected chi connectivity index (χ4v) is 3.27. The molecule has 1 heterocycles. The molecule has 1 aromatic carbocycles. The first-order chi connectivity index (χ1) is 9.70. The van der Waals surface area contributed by atoms with E-state index in [1.54, 1.807) is 0 Å². The van der Waals surface area contributed by atoms with Gasteiger partial charge in [-0.15, -0.1) is 0 Å². The number of aliphatic hydroxyl groups is 1. The summed E-state index contributed by atoms with van der Waals surface area (Å²) in [6.45, 7) is 1.57. The average Bonchev–Trinajstić information content (AvgIpc) is 3.00. The molecule has 5 heteroatoms. The minimum atomic E-state index is -0.175. The molecule has 0 radical (unpaired) electrons. The molecule has 1 amide bonds. The van der Waals surface area contributed by atoms with E-state index in [4.69, 9.17) is 4.84 Å². The molecule has 4 atom stereocenters. The zero-order chi connectivity index (χ0) is 14.1. The van der Waals surface area contributed by atoms with Gasteiger partial charge in [0.05, 0.1) is 17.7 Å². The zero-order valence-corrected chi connectivity index (χ0v) is 11.3. The number of nitrogens with one attached hydrogen (secondary N) is 1. The molecule has 0 saturated heterocycles. The lowest BCUT2D eigenvalue weighted by Gasteiger charge is -2.17. The van der Waals surface area contributed by atoms with Crippen LogP contribution in [0.5, 0.6) is 0 Å². The number of benzene rings is 1. The predicted molar refractivity (Wildman–Crippen MR) is 74.1 cm³/mol. The van der Waals surface area contributed by atoms with Crippen LogP contribution in [0.2, 0.25) is 0 Å². The topological polar surface area (TPSA) is 70.9 Å². The number of carbonyl (C=O) groups is 1. The van der Waals surface area contributed by atoms with Crippen LogP contribution in [0, 0.1) is 11.8 Å². The fourth-order valence-electron chi connectivity index (χ4n) is 3.27. The summed E-state index contributed by atoms with van der Waals surface area (Å²) >= 11 is 0. The third kappa shape index (κ3) is 2.18. The first-order valence-corrected chi connectivity index (χ1v) is 6.88. The van der Waals surface area contributed by atoms with Crippen LogP contribution < -0.4 is 5.32 Å². The van der Waals surface area contributed by atoms with Crippen LogP contribution in [0.1, 0.15) is 18.9 Å². The van der Waals surface area contributed by atoms with Crippen LogP contribution in [0.4, 0.5) is 0 Å². The normalized spacial score (nSPS) is 31.4. The van der Waals surface area contributed by atoms with Crippen molar-refractivity contribution in [3.8, 4) is 0 Å². The Bertz CT molecular complexity index is 529. The number of carbonyl (C=O) groups excluding carboxylic acids is 1. The molecule has 2 N–H and O–H groups in total. The van der Waals surface area contributed by atoms with Crippen molar-refractivity contribution in [3.05, 3.63) is 35.9 Å². The van der Waals surface area contributed by atoms with Crippen LogP contribution in [0.15, 0.2) is 35.5 Å². The Kier molecular flexibility index (Phi) is 3.44. The van der Waals surface area contributed by atoms with Crippen LogP contribution in [0.25, 0.3) is 0 Å². The Hall–Kier alpha value is -1.88. The minimum absolute atomic E-state index is 0.0410. The maximum absolute atomic E-state index is 11.3. The molecular formula is C15H18N2O3. The Balaban J connectivity index is 1.86. The number of aliphatic hydroxyl groups excluding tert-OH is 1. The van der Waals surface area contributed by atoms with Crippen molar-refractivity contribution in [2.24, 2.45) is 17.0 Å². The quantitative estimate of drug-likeness (QED) is 0.861. The van der Waals surface area contributed by atoms with Crippen molar-refractivity contribution in [2.75, 3.05) is 6.61 Å². The molecule has 3 rings (SSSR count). The summed E-state index contributed by atoms with van der Waals surface area (Å²) in [6, 6.07) is 9.77. The molecule has 5 nitrogen and oxygen atoms in total. The summed E-state index contributed by atoms with van der Waals surface area (Å²) in [7, 11) is 0. The van der Waals surface area contributed by atoms with Gasteiger partial charge in [-0.05, 0) is 17.9 Å². The van der Waals surface area contributed by atoms with Crippen LogP contribution in [0.3, 0.4) is 0 Å². The molecule has 0 spiro atoms. The van der Waals surface area contributed by atoms with Gasteiger partial charge < -0.3 is 15.3 Å². The number of rotatable bonds is 3. The Labute approximate surface area is 117 Å². The van der Waals surface area contributed by atoms with Gasteiger partial charge in [-0.1, -0.05) is 35.5 Å². The number of oxime groups is 1. The molecule has 0 aromatic heterocycles. The number of hydrogen-bond donors (Lipinski definition) is 2. The molecule has 1 aromatic rings. The summed E-state index contributed by atoms with van der Waals surface area (Å²) < 4.78 is 0. The largest absolute Gasteiger partial charge is 0.396 e. The van der Waals surface area contributed by atoms with Gasteiger partial charge in [-0.2, -0.15) is 0 Å². The molecule has 2 aliphatic rings. The third-order valence-electron chi connectivity index (χ3n) is 4.10. The maximum Gasteiger partial charge on any atom is 0.217 e. The van der Waals surface area contributed by atoms with Crippen LogP contribution in [-0.4, -0.2) is 35.5 Å². The zero-order valence-electron chi connectivity index (χ0n) is 11.3. The second-order valence-corrected chi connectivity index (χ2v) is 5.42. The number of nitrogens with zero attached hydrogens (tertiary/aromatic N) is 1. The summed E-state index contributed by atoms with van der Waals surface area (Å²) in [6.07, 6.45) is 0.545. The summed E-state index contributed by atoms with van der Waals surface area (Å²) in [5, 5.41) is 16.7. The lowest BCUT2D eigenvalue weighted by Crippen LogP contribution is -2.40. The standard InChI is InChI=1S/C15H18N2O3/c1-9(19)16-12-7-11(8-18)13-14(17-20-15(12)13)10-5-3-2-4-6-10/h2-6,11-13,15,18H,7-8H2,1H3,(H,16,19)/t11-,12-,13-,15-/m1/s1. The average molecular weight is 274 g/mol. The van der Waals surface area contributed by atoms with Gasteiger partial charge in [0.2, 0.25) is 5.91 Å². The summed E-state index contributed by atoms with van der Waals surface area (Å²) in [5.41, 5.74) is 1.89. The van der Waals surface area contributed by atoms with Gasteiger partial charge in [-0.25, -0.2) is 0 Å². The lowest BCUT2D eigenvalue weighted by molar-refractivity contribution is -0.120. The molecular weight excluding hydrogens is 256 g/mol. The van der Waals surface area contributed by atoms with Gasteiger partial charge in [-0.3, -0.25) is 4.79 Å². The first-order valence-electron chi connectivity index (χ1n) is 6.88. The Morgan fingerprint density at radius 2 is 2.20 bits per heavy atom. The van der Waals surface area contributed by atoms with E-state index >= 15 is 0 Å². The van der Waals surface area contributed by atoms with Crippen LogP contribution >= 0.6 is 0 Å². The summed E-state index contributed by atoms with van der Waals surface area (Å²) in [4.78, 5) is 16.8. The SMILES string of the molecule is CC(=O)N[C@@H]1C[C@H](CO)[C@@H]2C(c3ccccc3)=NO[C@@H]21. The van der Waals surface area contributed by atoms with E-state index < -0.39 is 0 Å². The van der Waals surface area contributed by atoms with E-state index in [9.17, 15) is 9.90 Å². The van der Waals surface area contributed by atoms with E-state index in [1.807, 2.05) is 30.3 Å². The van der Waals surface area contributed by atoms with Crippen LogP contribution in [-0.2, 0) is 9.63 Å². The molecule has 1 fully saturated rings. The molecule has 0 unspecified atom stereocenters. The molecule has 1 aliphatic heterocycles. The molecule has 0 bridgehead atoms. The molecule has 1 aliphatic carbocycles. The highest BCUT2D eigenvalue weighted by molar-refractivity contribution is 6.03. The fraction of sp³-hybridized carbons (Fsp3) is 0.467. The highest BCUT2D eigenvalue weighted by atomic mass is 16.6. The van der Waals surface area contributed by atoms with Gasteiger partial charge in [0.25, 0.3) is 0 Å². The van der Waals surface area contributed by atoms with E-state index in [-0.39, 0.29) is 36.5 Å². The van der Waals surface area contributed by atoms with Gasteiger partial charge in [0, 0.05) is 13.5 Å². The predicted octanol–water partition coefficient (Wildman–Crippen LogP) is 0.923. The van der Waals surface area contributed by atoms with Crippen molar-refractivity contribution < 1.29 is 14.7 Å². The van der Waals surface area contributed by atoms with Gasteiger partial charge >= 0.3 is 0 Å². The lowest BCUT2D eigenvalue weighted by atomic mass is 9.87. The van der Waals surface area contributed by atoms with E-state index in [2.05, 4.69) is 10.5 Å². The van der Waals surface area contributed by atoms with E-state index in [1.165, 1.54) is 6.92 Å². The Morgan fingerprint density at radius 3 is 2.85 bits per heavy atom. The number of hydrogen-bond acceptors (Lipinski definition) is 4. The highest BCUT2D eigenvalue weighted by Crippen LogP contribution is 2.40. The first kappa shape index (κ1) is 13.1. The summed E-state index contributed by atoms with van der Waals surface area (Å²) in [5.74, 6) is 0.0293. The Morgan fingerprint density at radius 1 is 1.45 bits per heavy atom. The molecule has 1 saturated carbocycles. The number of amides is 1. The van der Waals surface area contributed by atoms with Gasteiger partial charge in [0.15, 0.2) is 6.10 Å². The van der Waals surface area contributed by atoms with Crippen molar-refractivity contribution in [3.63, 3.8) is 0 Å². The second-order valence-electron chi connectivity index (χ2n) is 5.42. The van der Waals surface area contributed by atoms with Crippen molar-refractivity contribution in [1.29, 1.82) is 0 Å². The molecule has 20 heavy (non-hydrogen) atoms. The number of fused-ring (bicyclic) bond motifs is 1.